The molecule has 0 radical (unpaired) electrons. The van der Waals surface area contributed by atoms with E-state index in [0.29, 0.717) is 0 Å². The Kier molecular flexibility index (Phi) is 2.59. The fraction of sp³-hybridized carbons (Fsp3) is 0.200. The molecule has 0 aliphatic heterocycles. The van der Waals surface area contributed by atoms with Crippen LogP contribution in [0.5, 0.6) is 0 Å². The summed E-state index contributed by atoms with van der Waals surface area (Å²) in [6, 6.07) is 8.41. The van der Waals surface area contributed by atoms with Gasteiger partial charge in [-0.05, 0) is 31.5 Å². The Morgan fingerprint density at radius 2 is 2.00 bits per heavy atom. The predicted octanol–water partition coefficient (Wildman–Crippen LogP) is 3.52. The molecule has 3 heteroatoms. The van der Waals surface area contributed by atoms with Crippen molar-refractivity contribution in [1.29, 1.82) is 0 Å². The van der Waals surface area contributed by atoms with Crippen molar-refractivity contribution in [2.45, 2.75) is 13.8 Å². The van der Waals surface area contributed by atoms with Crippen molar-refractivity contribution >= 4 is 27.5 Å². The van der Waals surface area contributed by atoms with Gasteiger partial charge in [-0.3, -0.25) is 4.98 Å². The molecule has 0 unspecified atom stereocenters. The standard InChI is InChI=1S/C15H15N3/c1-3-17-15-10(2)8-11-4-5-12-9-16-7-6-13(12)14(11)18-15/h4-9H,3H2,1-2H3,(H,17,18). The van der Waals surface area contributed by atoms with Crippen LogP contribution in [-0.2, 0) is 0 Å². The van der Waals surface area contributed by atoms with E-state index in [1.165, 1.54) is 10.9 Å². The molecule has 2 heterocycles. The van der Waals surface area contributed by atoms with Gasteiger partial charge in [0.05, 0.1) is 5.52 Å². The van der Waals surface area contributed by atoms with Crippen molar-refractivity contribution in [3.05, 3.63) is 42.2 Å². The topological polar surface area (TPSA) is 37.8 Å². The molecule has 0 bridgehead atoms. The molecule has 0 spiro atoms. The van der Waals surface area contributed by atoms with Gasteiger partial charge in [-0.15, -0.1) is 0 Å². The van der Waals surface area contributed by atoms with Crippen LogP contribution in [0.4, 0.5) is 5.82 Å². The smallest absolute Gasteiger partial charge is 0.129 e. The second-order valence-electron chi connectivity index (χ2n) is 4.42. The molecule has 3 rings (SSSR count). The average Bonchev–Trinajstić information content (AvgIpc) is 2.40. The van der Waals surface area contributed by atoms with Gasteiger partial charge in [0.25, 0.3) is 0 Å². The lowest BCUT2D eigenvalue weighted by molar-refractivity contribution is 1.16. The lowest BCUT2D eigenvalue weighted by Gasteiger charge is -2.09. The summed E-state index contributed by atoms with van der Waals surface area (Å²) in [5.74, 6) is 0.967. The third kappa shape index (κ3) is 1.68. The van der Waals surface area contributed by atoms with Gasteiger partial charge in [0.2, 0.25) is 0 Å². The monoisotopic (exact) mass is 237 g/mol. The van der Waals surface area contributed by atoms with Crippen LogP contribution in [0.3, 0.4) is 0 Å². The zero-order valence-corrected chi connectivity index (χ0v) is 10.6. The zero-order valence-electron chi connectivity index (χ0n) is 10.6. The highest BCUT2D eigenvalue weighted by atomic mass is 15.0. The van der Waals surface area contributed by atoms with Crippen molar-refractivity contribution in [3.63, 3.8) is 0 Å². The molecule has 0 saturated heterocycles. The number of fused-ring (bicyclic) bond motifs is 3. The van der Waals surface area contributed by atoms with E-state index in [4.69, 9.17) is 4.98 Å². The lowest BCUT2D eigenvalue weighted by atomic mass is 10.1. The minimum atomic E-state index is 0.881. The van der Waals surface area contributed by atoms with Crippen LogP contribution in [-0.4, -0.2) is 16.5 Å². The Balaban J connectivity index is 2.37. The van der Waals surface area contributed by atoms with Crippen LogP contribution >= 0.6 is 0 Å². The van der Waals surface area contributed by atoms with Gasteiger partial charge in [0.15, 0.2) is 0 Å². The molecule has 0 amide bonds. The summed E-state index contributed by atoms with van der Waals surface area (Å²) >= 11 is 0. The van der Waals surface area contributed by atoms with E-state index in [1.807, 2.05) is 18.5 Å². The number of hydrogen-bond donors (Lipinski definition) is 1. The fourth-order valence-corrected chi connectivity index (χ4v) is 2.26. The Bertz CT molecular complexity index is 719. The van der Waals surface area contributed by atoms with E-state index in [1.54, 1.807) is 0 Å². The highest BCUT2D eigenvalue weighted by molar-refractivity contribution is 6.05. The van der Waals surface area contributed by atoms with Crippen LogP contribution in [0, 0.1) is 6.92 Å². The lowest BCUT2D eigenvalue weighted by Crippen LogP contribution is -2.01. The third-order valence-electron chi connectivity index (χ3n) is 3.14. The summed E-state index contributed by atoms with van der Waals surface area (Å²) in [7, 11) is 0. The second kappa shape index (κ2) is 4.26. The number of aryl methyl sites for hydroxylation is 1. The molecule has 0 saturated carbocycles. The molecule has 0 aliphatic carbocycles. The van der Waals surface area contributed by atoms with Gasteiger partial charge in [-0.25, -0.2) is 4.98 Å². The van der Waals surface area contributed by atoms with Gasteiger partial charge < -0.3 is 5.32 Å². The first-order valence-corrected chi connectivity index (χ1v) is 6.17. The number of pyridine rings is 2. The molecule has 90 valence electrons. The molecule has 2 aromatic heterocycles. The Morgan fingerprint density at radius 1 is 1.17 bits per heavy atom. The van der Waals surface area contributed by atoms with Crippen LogP contribution in [0.2, 0.25) is 0 Å². The molecular formula is C15H15N3. The minimum absolute atomic E-state index is 0.881. The van der Waals surface area contributed by atoms with Gasteiger partial charge in [0.1, 0.15) is 5.82 Å². The van der Waals surface area contributed by atoms with E-state index >= 15 is 0 Å². The summed E-state index contributed by atoms with van der Waals surface area (Å²) in [4.78, 5) is 8.91. The minimum Gasteiger partial charge on any atom is -0.370 e. The maximum atomic E-state index is 4.75. The maximum absolute atomic E-state index is 4.75. The summed E-state index contributed by atoms with van der Waals surface area (Å²) in [5.41, 5.74) is 2.22. The number of hydrogen-bond acceptors (Lipinski definition) is 3. The number of aromatic nitrogens is 2. The third-order valence-corrected chi connectivity index (χ3v) is 3.14. The number of nitrogens with zero attached hydrogens (tertiary/aromatic N) is 2. The molecule has 3 nitrogen and oxygen atoms in total. The summed E-state index contributed by atoms with van der Waals surface area (Å²) in [6.45, 7) is 5.05. The van der Waals surface area contributed by atoms with Crippen molar-refractivity contribution in [3.8, 4) is 0 Å². The largest absolute Gasteiger partial charge is 0.370 e. The Hall–Kier alpha value is -2.16. The van der Waals surface area contributed by atoms with E-state index in [9.17, 15) is 0 Å². The van der Waals surface area contributed by atoms with E-state index in [0.717, 1.165) is 28.7 Å². The maximum Gasteiger partial charge on any atom is 0.129 e. The SMILES string of the molecule is CCNc1nc2c(ccc3cnccc32)cc1C. The molecule has 18 heavy (non-hydrogen) atoms. The molecule has 3 aromatic rings. The van der Waals surface area contributed by atoms with Crippen LogP contribution in [0.1, 0.15) is 12.5 Å². The van der Waals surface area contributed by atoms with Gasteiger partial charge in [-0.1, -0.05) is 12.1 Å². The first-order valence-electron chi connectivity index (χ1n) is 6.17. The zero-order chi connectivity index (χ0) is 12.5. The van der Waals surface area contributed by atoms with Crippen LogP contribution < -0.4 is 5.32 Å². The Labute approximate surface area is 106 Å². The van der Waals surface area contributed by atoms with Gasteiger partial charge >= 0.3 is 0 Å². The molecule has 1 N–H and O–H groups in total. The summed E-state index contributed by atoms with van der Waals surface area (Å²) in [5, 5.41) is 6.76. The van der Waals surface area contributed by atoms with Crippen molar-refractivity contribution < 1.29 is 0 Å². The highest BCUT2D eigenvalue weighted by Crippen LogP contribution is 2.26. The Morgan fingerprint density at radius 3 is 2.83 bits per heavy atom. The van der Waals surface area contributed by atoms with Gasteiger partial charge in [0, 0.05) is 35.1 Å². The predicted molar refractivity (Wildman–Crippen MR) is 75.9 cm³/mol. The normalized spacial score (nSPS) is 11.0. The van der Waals surface area contributed by atoms with E-state index in [2.05, 4.69) is 42.3 Å². The quantitative estimate of drug-likeness (QED) is 0.693. The molecule has 0 fully saturated rings. The first-order chi connectivity index (χ1) is 8.79. The second-order valence-corrected chi connectivity index (χ2v) is 4.42. The van der Waals surface area contributed by atoms with Crippen molar-refractivity contribution in [1.82, 2.24) is 9.97 Å². The van der Waals surface area contributed by atoms with Crippen molar-refractivity contribution in [2.75, 3.05) is 11.9 Å². The summed E-state index contributed by atoms with van der Waals surface area (Å²) in [6.07, 6.45) is 3.69. The van der Waals surface area contributed by atoms with E-state index in [-0.39, 0.29) is 0 Å². The first kappa shape index (κ1) is 11.0. The molecule has 1 aromatic carbocycles. The number of anilines is 1. The molecule has 0 atom stereocenters. The van der Waals surface area contributed by atoms with Crippen molar-refractivity contribution in [2.24, 2.45) is 0 Å². The van der Waals surface area contributed by atoms with Crippen LogP contribution in [0.15, 0.2) is 36.7 Å². The van der Waals surface area contributed by atoms with Crippen LogP contribution in [0.25, 0.3) is 21.7 Å². The number of rotatable bonds is 2. The molecular weight excluding hydrogens is 222 g/mol. The van der Waals surface area contributed by atoms with Gasteiger partial charge in [-0.2, -0.15) is 0 Å². The number of nitrogens with one attached hydrogen (secondary N) is 1. The molecule has 0 aliphatic rings. The highest BCUT2D eigenvalue weighted by Gasteiger charge is 2.05. The fourth-order valence-electron chi connectivity index (χ4n) is 2.26. The van der Waals surface area contributed by atoms with E-state index < -0.39 is 0 Å². The summed E-state index contributed by atoms with van der Waals surface area (Å²) < 4.78 is 0. The average molecular weight is 237 g/mol. The number of benzene rings is 1.